The molecular formula is C21H21N3O. The number of rotatable bonds is 5. The first-order valence-electron chi connectivity index (χ1n) is 8.34. The van der Waals surface area contributed by atoms with Gasteiger partial charge < -0.3 is 10.6 Å². The van der Waals surface area contributed by atoms with E-state index in [1.54, 1.807) is 18.3 Å². The van der Waals surface area contributed by atoms with E-state index in [2.05, 4.69) is 34.7 Å². The number of aromatic nitrogens is 1. The Labute approximate surface area is 147 Å². The van der Waals surface area contributed by atoms with Gasteiger partial charge in [0.2, 0.25) is 0 Å². The lowest BCUT2D eigenvalue weighted by Gasteiger charge is -2.09. The summed E-state index contributed by atoms with van der Waals surface area (Å²) >= 11 is 0. The van der Waals surface area contributed by atoms with Crippen molar-refractivity contribution in [3.8, 4) is 0 Å². The van der Waals surface area contributed by atoms with E-state index < -0.39 is 0 Å². The zero-order chi connectivity index (χ0) is 17.6. The van der Waals surface area contributed by atoms with Crippen LogP contribution in [0.3, 0.4) is 0 Å². The Kier molecular flexibility index (Phi) is 5.09. The molecule has 2 N–H and O–H groups in total. The molecule has 0 saturated carbocycles. The fraction of sp³-hybridized carbons (Fsp3) is 0.143. The van der Waals surface area contributed by atoms with Crippen molar-refractivity contribution in [3.63, 3.8) is 0 Å². The minimum absolute atomic E-state index is 0.156. The van der Waals surface area contributed by atoms with E-state index in [4.69, 9.17) is 0 Å². The van der Waals surface area contributed by atoms with Crippen molar-refractivity contribution < 1.29 is 4.79 Å². The van der Waals surface area contributed by atoms with Crippen LogP contribution in [0, 0.1) is 6.92 Å². The first kappa shape index (κ1) is 16.7. The molecule has 0 atom stereocenters. The van der Waals surface area contributed by atoms with Crippen molar-refractivity contribution in [1.29, 1.82) is 0 Å². The predicted octanol–water partition coefficient (Wildman–Crippen LogP) is 4.95. The van der Waals surface area contributed by atoms with E-state index in [-0.39, 0.29) is 5.91 Å². The van der Waals surface area contributed by atoms with Gasteiger partial charge in [-0.3, -0.25) is 4.79 Å². The molecule has 0 bridgehead atoms. The van der Waals surface area contributed by atoms with Crippen LogP contribution >= 0.6 is 0 Å². The molecule has 1 aromatic heterocycles. The van der Waals surface area contributed by atoms with Gasteiger partial charge in [0.05, 0.1) is 0 Å². The van der Waals surface area contributed by atoms with E-state index in [9.17, 15) is 4.79 Å². The van der Waals surface area contributed by atoms with Gasteiger partial charge in [0.15, 0.2) is 0 Å². The van der Waals surface area contributed by atoms with Crippen molar-refractivity contribution in [3.05, 3.63) is 83.6 Å². The summed E-state index contributed by atoms with van der Waals surface area (Å²) in [5, 5.41) is 6.15. The van der Waals surface area contributed by atoms with E-state index in [0.29, 0.717) is 11.4 Å². The van der Waals surface area contributed by atoms with Gasteiger partial charge in [-0.2, -0.15) is 0 Å². The Morgan fingerprint density at radius 2 is 1.80 bits per heavy atom. The van der Waals surface area contributed by atoms with Gasteiger partial charge in [0.1, 0.15) is 5.82 Å². The molecule has 25 heavy (non-hydrogen) atoms. The number of anilines is 3. The highest BCUT2D eigenvalue weighted by atomic mass is 16.1. The summed E-state index contributed by atoms with van der Waals surface area (Å²) in [4.78, 5) is 16.7. The third kappa shape index (κ3) is 4.44. The predicted molar refractivity (Wildman–Crippen MR) is 102 cm³/mol. The Morgan fingerprint density at radius 1 is 1.00 bits per heavy atom. The van der Waals surface area contributed by atoms with E-state index in [1.807, 2.05) is 43.3 Å². The van der Waals surface area contributed by atoms with Crippen LogP contribution in [0.2, 0.25) is 0 Å². The molecule has 0 unspecified atom stereocenters. The number of amides is 1. The number of hydrogen-bond acceptors (Lipinski definition) is 3. The molecule has 0 saturated heterocycles. The quantitative estimate of drug-likeness (QED) is 0.695. The number of benzene rings is 2. The van der Waals surface area contributed by atoms with Crippen molar-refractivity contribution in [2.45, 2.75) is 20.3 Å². The van der Waals surface area contributed by atoms with Crippen LogP contribution < -0.4 is 10.6 Å². The first-order valence-corrected chi connectivity index (χ1v) is 8.34. The molecular weight excluding hydrogens is 310 g/mol. The third-order valence-corrected chi connectivity index (χ3v) is 3.94. The fourth-order valence-electron chi connectivity index (χ4n) is 2.50. The van der Waals surface area contributed by atoms with E-state index in [0.717, 1.165) is 23.4 Å². The maximum Gasteiger partial charge on any atom is 0.255 e. The third-order valence-electron chi connectivity index (χ3n) is 3.94. The topological polar surface area (TPSA) is 54.0 Å². The van der Waals surface area contributed by atoms with Crippen molar-refractivity contribution in [2.75, 3.05) is 10.6 Å². The van der Waals surface area contributed by atoms with Crippen molar-refractivity contribution in [2.24, 2.45) is 0 Å². The van der Waals surface area contributed by atoms with E-state index >= 15 is 0 Å². The lowest BCUT2D eigenvalue weighted by Crippen LogP contribution is -2.12. The summed E-state index contributed by atoms with van der Waals surface area (Å²) in [5.74, 6) is 0.487. The largest absolute Gasteiger partial charge is 0.340 e. The van der Waals surface area contributed by atoms with Crippen LogP contribution in [0.1, 0.15) is 28.4 Å². The highest BCUT2D eigenvalue weighted by Gasteiger charge is 2.08. The Balaban J connectivity index is 1.74. The van der Waals surface area contributed by atoms with Gasteiger partial charge in [-0.05, 0) is 55.3 Å². The van der Waals surface area contributed by atoms with Gasteiger partial charge in [-0.15, -0.1) is 0 Å². The molecule has 1 amide bonds. The second kappa shape index (κ2) is 7.62. The highest BCUT2D eigenvalue weighted by Crippen LogP contribution is 2.18. The highest BCUT2D eigenvalue weighted by molar-refractivity contribution is 6.04. The molecule has 0 spiro atoms. The van der Waals surface area contributed by atoms with Crippen LogP contribution in [0.5, 0.6) is 0 Å². The summed E-state index contributed by atoms with van der Waals surface area (Å²) < 4.78 is 0. The molecule has 126 valence electrons. The minimum Gasteiger partial charge on any atom is -0.340 e. The molecule has 0 fully saturated rings. The smallest absolute Gasteiger partial charge is 0.255 e. The van der Waals surface area contributed by atoms with Gasteiger partial charge in [-0.25, -0.2) is 4.98 Å². The Morgan fingerprint density at radius 3 is 2.56 bits per heavy atom. The van der Waals surface area contributed by atoms with Gasteiger partial charge in [-0.1, -0.05) is 36.8 Å². The molecule has 0 radical (unpaired) electrons. The van der Waals surface area contributed by atoms with Crippen LogP contribution in [0.25, 0.3) is 0 Å². The van der Waals surface area contributed by atoms with Crippen LogP contribution in [-0.4, -0.2) is 10.9 Å². The fourth-order valence-corrected chi connectivity index (χ4v) is 2.50. The first-order chi connectivity index (χ1) is 12.1. The lowest BCUT2D eigenvalue weighted by molar-refractivity contribution is 0.102. The summed E-state index contributed by atoms with van der Waals surface area (Å²) in [6.45, 7) is 4.13. The molecule has 0 aliphatic rings. The summed E-state index contributed by atoms with van der Waals surface area (Å²) in [6.07, 6.45) is 2.61. The van der Waals surface area contributed by atoms with E-state index in [1.165, 1.54) is 5.56 Å². The van der Waals surface area contributed by atoms with Gasteiger partial charge in [0, 0.05) is 23.1 Å². The number of carbonyl (C=O) groups is 1. The minimum atomic E-state index is -0.156. The Bertz CT molecular complexity index is 872. The standard InChI is InChI=1S/C21H21N3O/c1-3-16-5-4-6-19(13-16)23-20-14-17(11-12-22-20)21(25)24-18-9-7-15(2)8-10-18/h4-14H,3H2,1-2H3,(H,22,23)(H,24,25). The average molecular weight is 331 g/mol. The molecule has 4 heteroatoms. The number of aryl methyl sites for hydroxylation is 2. The Hall–Kier alpha value is -3.14. The molecule has 2 aromatic carbocycles. The van der Waals surface area contributed by atoms with Gasteiger partial charge >= 0.3 is 0 Å². The van der Waals surface area contributed by atoms with Crippen LogP contribution in [-0.2, 0) is 6.42 Å². The van der Waals surface area contributed by atoms with Crippen LogP contribution in [0.4, 0.5) is 17.2 Å². The summed E-state index contributed by atoms with van der Waals surface area (Å²) in [6, 6.07) is 19.3. The number of nitrogens with zero attached hydrogens (tertiary/aromatic N) is 1. The second-order valence-electron chi connectivity index (χ2n) is 5.93. The molecule has 0 aliphatic carbocycles. The maximum absolute atomic E-state index is 12.4. The van der Waals surface area contributed by atoms with Gasteiger partial charge in [0.25, 0.3) is 5.91 Å². The number of nitrogens with one attached hydrogen (secondary N) is 2. The SMILES string of the molecule is CCc1cccc(Nc2cc(C(=O)Nc3ccc(C)cc3)ccn2)c1. The average Bonchev–Trinajstić information content (AvgIpc) is 2.64. The lowest BCUT2D eigenvalue weighted by atomic mass is 10.1. The molecule has 3 rings (SSSR count). The normalized spacial score (nSPS) is 10.3. The zero-order valence-corrected chi connectivity index (χ0v) is 14.4. The number of pyridine rings is 1. The summed E-state index contributed by atoms with van der Waals surface area (Å²) in [5.41, 5.74) is 4.70. The molecule has 0 aliphatic heterocycles. The van der Waals surface area contributed by atoms with Crippen LogP contribution in [0.15, 0.2) is 66.9 Å². The summed E-state index contributed by atoms with van der Waals surface area (Å²) in [7, 11) is 0. The maximum atomic E-state index is 12.4. The monoisotopic (exact) mass is 331 g/mol. The number of hydrogen-bond donors (Lipinski definition) is 2. The molecule has 3 aromatic rings. The molecule has 4 nitrogen and oxygen atoms in total. The van der Waals surface area contributed by atoms with Crippen molar-refractivity contribution >= 4 is 23.1 Å². The number of carbonyl (C=O) groups excluding carboxylic acids is 1. The molecule has 1 heterocycles. The second-order valence-corrected chi connectivity index (χ2v) is 5.93. The van der Waals surface area contributed by atoms with Crippen molar-refractivity contribution in [1.82, 2.24) is 4.98 Å². The zero-order valence-electron chi connectivity index (χ0n) is 14.4.